The second-order valence-electron chi connectivity index (χ2n) is 5.02. The maximum Gasteiger partial charge on any atom is 0.251 e. The predicted molar refractivity (Wildman–Crippen MR) is 66.5 cm³/mol. The summed E-state index contributed by atoms with van der Waals surface area (Å²) in [5.74, 6) is -2.39. The Morgan fingerprint density at radius 1 is 1.28 bits per heavy atom. The molecule has 100 valence electrons. The summed E-state index contributed by atoms with van der Waals surface area (Å²) < 4.78 is 25.7. The van der Waals surface area contributed by atoms with Crippen LogP contribution < -0.4 is 5.32 Å². The molecule has 0 heterocycles. The van der Waals surface area contributed by atoms with E-state index in [1.54, 1.807) is 0 Å². The molecule has 0 aromatic heterocycles. The van der Waals surface area contributed by atoms with E-state index in [4.69, 9.17) is 0 Å². The number of carbonyl (C=O) groups is 1. The molecule has 0 bridgehead atoms. The molecule has 18 heavy (non-hydrogen) atoms. The molecule has 0 saturated carbocycles. The van der Waals surface area contributed by atoms with Crippen molar-refractivity contribution in [3.8, 4) is 0 Å². The van der Waals surface area contributed by atoms with Crippen molar-refractivity contribution < 1.29 is 13.6 Å². The first-order valence-electron chi connectivity index (χ1n) is 5.65. The highest BCUT2D eigenvalue weighted by molar-refractivity contribution is 5.94. The van der Waals surface area contributed by atoms with Crippen LogP contribution in [0.4, 0.5) is 8.78 Å². The van der Waals surface area contributed by atoms with Crippen LogP contribution >= 0.6 is 0 Å². The van der Waals surface area contributed by atoms with E-state index in [0.29, 0.717) is 6.54 Å². The van der Waals surface area contributed by atoms with Gasteiger partial charge in [-0.25, -0.2) is 8.78 Å². The number of halogens is 2. The molecule has 0 aliphatic carbocycles. The Balaban J connectivity index is 2.69. The maximum atomic E-state index is 13.0. The third-order valence-corrected chi connectivity index (χ3v) is 3.07. The molecule has 1 rings (SSSR count). The standard InChI is InChI=1S/C13H18F2N2O/c1-13(2,17(3)4)8-16-12(18)9-5-6-10(14)11(15)7-9/h5-7H,8H2,1-4H3,(H,16,18). The van der Waals surface area contributed by atoms with Gasteiger partial charge in [-0.2, -0.15) is 0 Å². The van der Waals surface area contributed by atoms with Gasteiger partial charge in [0.05, 0.1) is 0 Å². The smallest absolute Gasteiger partial charge is 0.251 e. The summed E-state index contributed by atoms with van der Waals surface area (Å²) in [6.45, 7) is 4.36. The van der Waals surface area contributed by atoms with Crippen molar-refractivity contribution in [2.45, 2.75) is 19.4 Å². The molecule has 1 aromatic rings. The molecule has 1 amide bonds. The number of benzene rings is 1. The van der Waals surface area contributed by atoms with E-state index >= 15 is 0 Å². The van der Waals surface area contributed by atoms with E-state index in [0.717, 1.165) is 12.1 Å². The molecule has 0 saturated heterocycles. The maximum absolute atomic E-state index is 13.0. The minimum atomic E-state index is -1.02. The summed E-state index contributed by atoms with van der Waals surface area (Å²) in [6.07, 6.45) is 0. The molecule has 0 fully saturated rings. The lowest BCUT2D eigenvalue weighted by molar-refractivity contribution is 0.0919. The van der Waals surface area contributed by atoms with E-state index in [-0.39, 0.29) is 11.1 Å². The Hall–Kier alpha value is -1.49. The average Bonchev–Trinajstić information content (AvgIpc) is 2.29. The summed E-state index contributed by atoms with van der Waals surface area (Å²) in [7, 11) is 3.81. The quantitative estimate of drug-likeness (QED) is 0.894. The van der Waals surface area contributed by atoms with Gasteiger partial charge in [0.25, 0.3) is 5.91 Å². The molecule has 5 heteroatoms. The molecule has 0 aliphatic heterocycles. The van der Waals surface area contributed by atoms with Gasteiger partial charge in [-0.05, 0) is 46.1 Å². The number of nitrogens with one attached hydrogen (secondary N) is 1. The first-order chi connectivity index (χ1) is 8.24. The number of carbonyl (C=O) groups excluding carboxylic acids is 1. The summed E-state index contributed by atoms with van der Waals surface area (Å²) in [5.41, 5.74) is -0.0997. The Labute approximate surface area is 106 Å². The Morgan fingerprint density at radius 3 is 2.39 bits per heavy atom. The predicted octanol–water partition coefficient (Wildman–Crippen LogP) is 2.03. The molecule has 0 aliphatic rings. The van der Waals surface area contributed by atoms with Crippen molar-refractivity contribution in [2.75, 3.05) is 20.6 Å². The van der Waals surface area contributed by atoms with Gasteiger partial charge in [0.1, 0.15) is 0 Å². The van der Waals surface area contributed by atoms with Crippen LogP contribution in [0.5, 0.6) is 0 Å². The third-order valence-electron chi connectivity index (χ3n) is 3.07. The molecule has 0 spiro atoms. The van der Waals surface area contributed by atoms with Gasteiger partial charge in [0, 0.05) is 17.6 Å². The van der Waals surface area contributed by atoms with Gasteiger partial charge in [-0.3, -0.25) is 4.79 Å². The molecule has 0 radical (unpaired) electrons. The normalized spacial score (nSPS) is 11.7. The van der Waals surface area contributed by atoms with Gasteiger partial charge in [0.15, 0.2) is 11.6 Å². The number of nitrogens with zero attached hydrogens (tertiary/aromatic N) is 1. The van der Waals surface area contributed by atoms with Crippen LogP contribution in [0.1, 0.15) is 24.2 Å². The summed E-state index contributed by atoms with van der Waals surface area (Å²) in [6, 6.07) is 3.10. The Bertz CT molecular complexity index is 445. The van der Waals surface area contributed by atoms with Crippen molar-refractivity contribution >= 4 is 5.91 Å². The van der Waals surface area contributed by atoms with Gasteiger partial charge < -0.3 is 10.2 Å². The topological polar surface area (TPSA) is 32.3 Å². The zero-order valence-corrected chi connectivity index (χ0v) is 11.1. The van der Waals surface area contributed by atoms with Gasteiger partial charge in [0.2, 0.25) is 0 Å². The first kappa shape index (κ1) is 14.6. The van der Waals surface area contributed by atoms with Gasteiger partial charge >= 0.3 is 0 Å². The highest BCUT2D eigenvalue weighted by atomic mass is 19.2. The minimum absolute atomic E-state index is 0.114. The third kappa shape index (κ3) is 3.50. The molecule has 0 unspecified atom stereocenters. The lowest BCUT2D eigenvalue weighted by atomic mass is 10.0. The second kappa shape index (κ2) is 5.44. The van der Waals surface area contributed by atoms with Crippen LogP contribution in [0, 0.1) is 11.6 Å². The minimum Gasteiger partial charge on any atom is -0.350 e. The fourth-order valence-electron chi connectivity index (χ4n) is 1.19. The number of hydrogen-bond acceptors (Lipinski definition) is 2. The zero-order chi connectivity index (χ0) is 13.9. The highest BCUT2D eigenvalue weighted by Crippen LogP contribution is 2.10. The van der Waals surface area contributed by atoms with E-state index in [1.165, 1.54) is 6.07 Å². The van der Waals surface area contributed by atoms with Crippen molar-refractivity contribution in [1.29, 1.82) is 0 Å². The number of likely N-dealkylation sites (N-methyl/N-ethyl adjacent to an activating group) is 1. The van der Waals surface area contributed by atoms with Crippen molar-refractivity contribution in [3.63, 3.8) is 0 Å². The monoisotopic (exact) mass is 256 g/mol. The van der Waals surface area contributed by atoms with E-state index in [9.17, 15) is 13.6 Å². The lowest BCUT2D eigenvalue weighted by Gasteiger charge is -2.32. The lowest BCUT2D eigenvalue weighted by Crippen LogP contribution is -2.48. The van der Waals surface area contributed by atoms with Crippen LogP contribution in [-0.2, 0) is 0 Å². The number of hydrogen-bond donors (Lipinski definition) is 1. The molecule has 0 atom stereocenters. The van der Waals surface area contributed by atoms with E-state index < -0.39 is 17.5 Å². The molecule has 3 nitrogen and oxygen atoms in total. The zero-order valence-electron chi connectivity index (χ0n) is 11.1. The summed E-state index contributed by atoms with van der Waals surface area (Å²) in [4.78, 5) is 13.7. The highest BCUT2D eigenvalue weighted by Gasteiger charge is 2.21. The van der Waals surface area contributed by atoms with Crippen LogP contribution in [0.25, 0.3) is 0 Å². The number of amides is 1. The Kier molecular flexibility index (Phi) is 4.40. The molecular weight excluding hydrogens is 238 g/mol. The fraction of sp³-hybridized carbons (Fsp3) is 0.462. The average molecular weight is 256 g/mol. The van der Waals surface area contributed by atoms with Crippen LogP contribution in [0.2, 0.25) is 0 Å². The molecular formula is C13H18F2N2O. The van der Waals surface area contributed by atoms with Crippen LogP contribution in [0.3, 0.4) is 0 Å². The first-order valence-corrected chi connectivity index (χ1v) is 5.65. The Morgan fingerprint density at radius 2 is 1.89 bits per heavy atom. The van der Waals surface area contributed by atoms with Gasteiger partial charge in [-0.15, -0.1) is 0 Å². The molecule has 1 N–H and O–H groups in total. The van der Waals surface area contributed by atoms with Gasteiger partial charge in [-0.1, -0.05) is 0 Å². The van der Waals surface area contributed by atoms with Crippen molar-refractivity contribution in [3.05, 3.63) is 35.4 Å². The summed E-state index contributed by atoms with van der Waals surface area (Å²) >= 11 is 0. The van der Waals surface area contributed by atoms with Crippen LogP contribution in [0.15, 0.2) is 18.2 Å². The second-order valence-corrected chi connectivity index (χ2v) is 5.02. The molecule has 1 aromatic carbocycles. The van der Waals surface area contributed by atoms with Crippen molar-refractivity contribution in [1.82, 2.24) is 10.2 Å². The fourth-order valence-corrected chi connectivity index (χ4v) is 1.19. The largest absolute Gasteiger partial charge is 0.350 e. The number of rotatable bonds is 4. The van der Waals surface area contributed by atoms with E-state index in [2.05, 4.69) is 5.32 Å². The SMILES string of the molecule is CN(C)C(C)(C)CNC(=O)c1ccc(F)c(F)c1. The summed E-state index contributed by atoms with van der Waals surface area (Å²) in [5, 5.41) is 2.70. The van der Waals surface area contributed by atoms with Crippen molar-refractivity contribution in [2.24, 2.45) is 0 Å². The van der Waals surface area contributed by atoms with Crippen LogP contribution in [-0.4, -0.2) is 37.0 Å². The van der Waals surface area contributed by atoms with E-state index in [1.807, 2.05) is 32.8 Å².